The van der Waals surface area contributed by atoms with E-state index in [4.69, 9.17) is 16.2 Å². The first-order valence-electron chi connectivity index (χ1n) is 9.05. The molecule has 1 rings (SSSR count). The number of amides is 2. The number of carbonyl (C=O) groups excluding carboxylic acids is 3. The van der Waals surface area contributed by atoms with Gasteiger partial charge in [0.25, 0.3) is 11.8 Å². The summed E-state index contributed by atoms with van der Waals surface area (Å²) in [6, 6.07) is 0. The van der Waals surface area contributed by atoms with Gasteiger partial charge in [0, 0.05) is 19.5 Å². The predicted molar refractivity (Wildman–Crippen MR) is 101 cm³/mol. The lowest BCUT2D eigenvalue weighted by Crippen LogP contribution is -2.30. The number of rotatable bonds is 11. The van der Waals surface area contributed by atoms with Crippen LogP contribution in [0.5, 0.6) is 0 Å². The van der Waals surface area contributed by atoms with Gasteiger partial charge in [-0.1, -0.05) is 19.8 Å². The number of esters is 1. The van der Waals surface area contributed by atoms with Crippen LogP contribution >= 0.6 is 0 Å². The second-order valence-corrected chi connectivity index (χ2v) is 5.82. The Hall–Kier alpha value is -2.91. The number of anilines is 2. The minimum atomic E-state index is -0.578. The average Bonchev–Trinajstić information content (AvgIpc) is 2.63. The largest absolute Gasteiger partial charge is 0.466 e. The summed E-state index contributed by atoms with van der Waals surface area (Å²) >= 11 is 0. The minimum absolute atomic E-state index is 0.108. The third-order valence-corrected chi connectivity index (χ3v) is 3.59. The molecule has 10 heteroatoms. The fraction of sp³-hybridized carbons (Fsp3) is 0.588. The van der Waals surface area contributed by atoms with Crippen LogP contribution in [0.25, 0.3) is 0 Å². The van der Waals surface area contributed by atoms with Crippen LogP contribution in [0.2, 0.25) is 0 Å². The molecular weight excluding hydrogens is 352 g/mol. The van der Waals surface area contributed by atoms with Crippen molar-refractivity contribution >= 4 is 29.4 Å². The molecule has 1 aromatic heterocycles. The first-order valence-corrected chi connectivity index (χ1v) is 9.05. The number of hydrogen-bond donors (Lipinski definition) is 4. The molecule has 2 amide bonds. The molecule has 0 unspecified atom stereocenters. The first-order chi connectivity index (χ1) is 12.9. The van der Waals surface area contributed by atoms with Gasteiger partial charge in [-0.25, -0.2) is 9.97 Å². The number of carbonyl (C=O) groups is 3. The summed E-state index contributed by atoms with van der Waals surface area (Å²) in [5.74, 6) is -1.75. The zero-order valence-electron chi connectivity index (χ0n) is 15.8. The van der Waals surface area contributed by atoms with Gasteiger partial charge in [-0.2, -0.15) is 0 Å². The fourth-order valence-corrected chi connectivity index (χ4v) is 2.21. The summed E-state index contributed by atoms with van der Waals surface area (Å²) in [6.07, 6.45) is 3.48. The summed E-state index contributed by atoms with van der Waals surface area (Å²) < 4.78 is 4.80. The van der Waals surface area contributed by atoms with Gasteiger partial charge in [-0.3, -0.25) is 14.4 Å². The van der Waals surface area contributed by atoms with Gasteiger partial charge in [0.1, 0.15) is 0 Å². The predicted octanol–water partition coefficient (Wildman–Crippen LogP) is 0.634. The highest BCUT2D eigenvalue weighted by molar-refractivity contribution is 6.00. The molecule has 0 radical (unpaired) electrons. The highest BCUT2D eigenvalue weighted by Gasteiger charge is 2.20. The number of nitrogens with zero attached hydrogens (tertiary/aromatic N) is 2. The highest BCUT2D eigenvalue weighted by Crippen LogP contribution is 2.13. The lowest BCUT2D eigenvalue weighted by atomic mass is 10.2. The Bertz CT molecular complexity index is 665. The van der Waals surface area contributed by atoms with Crippen LogP contribution in [0.1, 0.15) is 66.9 Å². The molecule has 1 heterocycles. The Morgan fingerprint density at radius 3 is 1.89 bits per heavy atom. The molecule has 0 aliphatic carbocycles. The fourth-order valence-electron chi connectivity index (χ4n) is 2.21. The Morgan fingerprint density at radius 2 is 1.41 bits per heavy atom. The Balaban J connectivity index is 2.61. The second kappa shape index (κ2) is 11.7. The molecule has 0 bridgehead atoms. The number of hydrogen-bond acceptors (Lipinski definition) is 8. The molecule has 10 nitrogen and oxygen atoms in total. The van der Waals surface area contributed by atoms with E-state index in [1.54, 1.807) is 6.92 Å². The molecule has 150 valence electrons. The first kappa shape index (κ1) is 22.1. The quantitative estimate of drug-likeness (QED) is 0.321. The average molecular weight is 380 g/mol. The molecule has 0 atom stereocenters. The molecule has 0 saturated carbocycles. The third-order valence-electron chi connectivity index (χ3n) is 3.59. The van der Waals surface area contributed by atoms with Gasteiger partial charge in [0.15, 0.2) is 23.0 Å². The normalized spacial score (nSPS) is 10.3. The van der Waals surface area contributed by atoms with E-state index in [0.29, 0.717) is 19.6 Å². The van der Waals surface area contributed by atoms with E-state index in [0.717, 1.165) is 19.3 Å². The van der Waals surface area contributed by atoms with Crippen LogP contribution in [0.15, 0.2) is 0 Å². The molecule has 0 aromatic carbocycles. The number of ether oxygens (including phenoxy) is 1. The number of nitrogens with one attached hydrogen (secondary N) is 2. The van der Waals surface area contributed by atoms with E-state index in [9.17, 15) is 14.4 Å². The molecule has 0 aliphatic heterocycles. The second-order valence-electron chi connectivity index (χ2n) is 5.82. The van der Waals surface area contributed by atoms with E-state index >= 15 is 0 Å². The summed E-state index contributed by atoms with van der Waals surface area (Å²) in [4.78, 5) is 43.3. The molecule has 1 aromatic rings. The van der Waals surface area contributed by atoms with Crippen LogP contribution in [-0.4, -0.2) is 47.4 Å². The lowest BCUT2D eigenvalue weighted by Gasteiger charge is -2.10. The van der Waals surface area contributed by atoms with Crippen molar-refractivity contribution in [3.63, 3.8) is 0 Å². The number of nitrogens with two attached hydrogens (primary N) is 2. The molecule has 0 aliphatic rings. The minimum Gasteiger partial charge on any atom is -0.466 e. The van der Waals surface area contributed by atoms with Crippen molar-refractivity contribution < 1.29 is 19.1 Å². The van der Waals surface area contributed by atoms with Crippen molar-refractivity contribution in [1.29, 1.82) is 0 Å². The zero-order chi connectivity index (χ0) is 20.2. The maximum absolute atomic E-state index is 12.1. The highest BCUT2D eigenvalue weighted by atomic mass is 16.5. The molecule has 27 heavy (non-hydrogen) atoms. The summed E-state index contributed by atoms with van der Waals surface area (Å²) in [5, 5.41) is 5.27. The van der Waals surface area contributed by atoms with Gasteiger partial charge in [-0.15, -0.1) is 0 Å². The van der Waals surface area contributed by atoms with Gasteiger partial charge >= 0.3 is 5.97 Å². The van der Waals surface area contributed by atoms with Crippen LogP contribution in [-0.2, 0) is 9.53 Å². The van der Waals surface area contributed by atoms with Gasteiger partial charge in [0.2, 0.25) is 0 Å². The SMILES string of the molecule is CCCCCNC(=O)c1nc(N)c(C(=O)NCCCC(=O)OCC)nc1N. The topological polar surface area (TPSA) is 162 Å². The monoisotopic (exact) mass is 380 g/mol. The van der Waals surface area contributed by atoms with Crippen LogP contribution in [0, 0.1) is 0 Å². The number of aromatic nitrogens is 2. The Morgan fingerprint density at radius 1 is 0.889 bits per heavy atom. The van der Waals surface area contributed by atoms with Gasteiger partial charge in [0.05, 0.1) is 6.61 Å². The maximum Gasteiger partial charge on any atom is 0.305 e. The van der Waals surface area contributed by atoms with Crippen molar-refractivity contribution in [2.75, 3.05) is 31.2 Å². The summed E-state index contributed by atoms with van der Waals surface area (Å²) in [7, 11) is 0. The van der Waals surface area contributed by atoms with Crippen molar-refractivity contribution in [2.24, 2.45) is 0 Å². The van der Waals surface area contributed by atoms with E-state index in [-0.39, 0.29) is 42.0 Å². The summed E-state index contributed by atoms with van der Waals surface area (Å²) in [5.41, 5.74) is 11.2. The molecule has 0 fully saturated rings. The van der Waals surface area contributed by atoms with Crippen LogP contribution < -0.4 is 22.1 Å². The number of unbranched alkanes of at least 4 members (excludes halogenated alkanes) is 2. The molecule has 0 saturated heterocycles. The van der Waals surface area contributed by atoms with Crippen molar-refractivity contribution in [3.05, 3.63) is 11.4 Å². The van der Waals surface area contributed by atoms with E-state index < -0.39 is 11.8 Å². The Labute approximate surface area is 158 Å². The third kappa shape index (κ3) is 7.47. The number of nitrogen functional groups attached to an aromatic ring is 2. The Kier molecular flexibility index (Phi) is 9.55. The van der Waals surface area contributed by atoms with Crippen LogP contribution in [0.3, 0.4) is 0 Å². The van der Waals surface area contributed by atoms with E-state index in [2.05, 4.69) is 27.5 Å². The van der Waals surface area contributed by atoms with Gasteiger partial charge < -0.3 is 26.8 Å². The van der Waals surface area contributed by atoms with Crippen molar-refractivity contribution in [1.82, 2.24) is 20.6 Å². The van der Waals surface area contributed by atoms with Crippen LogP contribution in [0.4, 0.5) is 11.6 Å². The standard InChI is InChI=1S/C17H28N6O4/c1-3-5-6-9-20-16(25)12-14(18)23-13(15(19)22-12)17(26)21-10-7-8-11(24)27-4-2/h3-10H2,1-2H3,(H2,18,23)(H2,19,22)(H,20,25)(H,21,26). The molecular formula is C17H28N6O4. The smallest absolute Gasteiger partial charge is 0.305 e. The summed E-state index contributed by atoms with van der Waals surface area (Å²) in [6.45, 7) is 4.83. The van der Waals surface area contributed by atoms with Gasteiger partial charge in [-0.05, 0) is 19.8 Å². The molecule has 6 N–H and O–H groups in total. The van der Waals surface area contributed by atoms with E-state index in [1.165, 1.54) is 0 Å². The zero-order valence-corrected chi connectivity index (χ0v) is 15.8. The van der Waals surface area contributed by atoms with Crippen molar-refractivity contribution in [2.45, 2.75) is 46.0 Å². The lowest BCUT2D eigenvalue weighted by molar-refractivity contribution is -0.143. The van der Waals surface area contributed by atoms with E-state index in [1.807, 2.05) is 0 Å². The molecule has 0 spiro atoms. The maximum atomic E-state index is 12.1. The van der Waals surface area contributed by atoms with Crippen molar-refractivity contribution in [3.8, 4) is 0 Å².